The summed E-state index contributed by atoms with van der Waals surface area (Å²) in [6.07, 6.45) is 0.397. The quantitative estimate of drug-likeness (QED) is 0.823. The molecule has 0 bridgehead atoms. The van der Waals surface area contributed by atoms with E-state index in [1.165, 1.54) is 0 Å². The van der Waals surface area contributed by atoms with Crippen molar-refractivity contribution in [3.05, 3.63) is 77.7 Å². The zero-order valence-corrected chi connectivity index (χ0v) is 13.2. The molecule has 2 rings (SSSR count). The second kappa shape index (κ2) is 5.86. The van der Waals surface area contributed by atoms with E-state index in [0.29, 0.717) is 11.3 Å². The maximum atomic E-state index is 12.5. The van der Waals surface area contributed by atoms with E-state index in [4.69, 9.17) is 0 Å². The molecule has 0 fully saturated rings. The van der Waals surface area contributed by atoms with Gasteiger partial charge in [-0.3, -0.25) is 0 Å². The monoisotopic (exact) mass is 300 g/mol. The summed E-state index contributed by atoms with van der Waals surface area (Å²) in [5.41, 5.74) is 0.828. The van der Waals surface area contributed by atoms with Crippen molar-refractivity contribution in [1.29, 1.82) is 0 Å². The lowest BCUT2D eigenvalue weighted by Gasteiger charge is -2.26. The van der Waals surface area contributed by atoms with Gasteiger partial charge in [-0.05, 0) is 29.5 Å². The van der Waals surface area contributed by atoms with E-state index in [1.807, 2.05) is 44.2 Å². The molecule has 0 N–H and O–H groups in total. The van der Waals surface area contributed by atoms with Crippen molar-refractivity contribution < 1.29 is 8.42 Å². The van der Waals surface area contributed by atoms with E-state index < -0.39 is 9.84 Å². The van der Waals surface area contributed by atoms with Crippen LogP contribution < -0.4 is 0 Å². The van der Waals surface area contributed by atoms with Crippen LogP contribution in [0.1, 0.15) is 25.8 Å². The van der Waals surface area contributed by atoms with Gasteiger partial charge in [0.25, 0.3) is 0 Å². The van der Waals surface area contributed by atoms with Crippen molar-refractivity contribution in [2.75, 3.05) is 0 Å². The molecule has 3 heteroatoms. The van der Waals surface area contributed by atoms with Gasteiger partial charge in [-0.2, -0.15) is 0 Å². The van der Waals surface area contributed by atoms with Crippen molar-refractivity contribution in [3.63, 3.8) is 0 Å². The molecule has 0 amide bonds. The number of hydrogen-bond donors (Lipinski definition) is 0. The molecule has 0 aliphatic heterocycles. The van der Waals surface area contributed by atoms with Gasteiger partial charge in [-0.25, -0.2) is 8.42 Å². The Morgan fingerprint density at radius 3 is 1.95 bits per heavy atom. The summed E-state index contributed by atoms with van der Waals surface area (Å²) in [5, 5.41) is 0. The van der Waals surface area contributed by atoms with Crippen LogP contribution in [0.4, 0.5) is 0 Å². The Labute approximate surface area is 127 Å². The Kier molecular flexibility index (Phi) is 4.33. The van der Waals surface area contributed by atoms with E-state index >= 15 is 0 Å². The van der Waals surface area contributed by atoms with E-state index in [2.05, 4.69) is 6.58 Å². The number of sulfone groups is 1. The molecule has 2 aromatic carbocycles. The first-order chi connectivity index (χ1) is 9.84. The van der Waals surface area contributed by atoms with Gasteiger partial charge in [-0.15, -0.1) is 0 Å². The van der Waals surface area contributed by atoms with Crippen LogP contribution in [0.3, 0.4) is 0 Å². The molecule has 0 atom stereocenters. The van der Waals surface area contributed by atoms with Crippen molar-refractivity contribution in [2.24, 2.45) is 0 Å². The average molecular weight is 300 g/mol. The smallest absolute Gasteiger partial charge is 0.202 e. The Morgan fingerprint density at radius 1 is 0.952 bits per heavy atom. The fraction of sp³-hybridized carbons (Fsp3) is 0.222. The van der Waals surface area contributed by atoms with Crippen molar-refractivity contribution >= 4 is 9.84 Å². The van der Waals surface area contributed by atoms with E-state index in [1.54, 1.807) is 30.3 Å². The SMILES string of the molecule is C=C(CC(C)(C)c1ccccc1)S(=O)(=O)c1ccccc1. The summed E-state index contributed by atoms with van der Waals surface area (Å²) in [5.74, 6) is 0. The third-order valence-electron chi connectivity index (χ3n) is 3.63. The van der Waals surface area contributed by atoms with Gasteiger partial charge in [0.2, 0.25) is 9.84 Å². The lowest BCUT2D eigenvalue weighted by atomic mass is 9.82. The summed E-state index contributed by atoms with van der Waals surface area (Å²) >= 11 is 0. The van der Waals surface area contributed by atoms with Crippen molar-refractivity contribution in [3.8, 4) is 0 Å². The molecular weight excluding hydrogens is 280 g/mol. The summed E-state index contributed by atoms with van der Waals surface area (Å²) in [6, 6.07) is 18.4. The predicted molar refractivity (Wildman–Crippen MR) is 86.9 cm³/mol. The van der Waals surface area contributed by atoms with Crippen LogP contribution in [0.2, 0.25) is 0 Å². The second-order valence-corrected chi connectivity index (χ2v) is 7.84. The maximum Gasteiger partial charge on any atom is 0.202 e. The van der Waals surface area contributed by atoms with Gasteiger partial charge < -0.3 is 0 Å². The minimum absolute atomic E-state index is 0.252. The topological polar surface area (TPSA) is 34.1 Å². The van der Waals surface area contributed by atoms with Gasteiger partial charge >= 0.3 is 0 Å². The molecule has 0 aromatic heterocycles. The highest BCUT2D eigenvalue weighted by molar-refractivity contribution is 7.95. The Balaban J connectivity index is 2.26. The molecule has 0 radical (unpaired) electrons. The van der Waals surface area contributed by atoms with Gasteiger partial charge in [0.1, 0.15) is 0 Å². The van der Waals surface area contributed by atoms with Crippen LogP contribution in [0.5, 0.6) is 0 Å². The molecule has 0 spiro atoms. The lowest BCUT2D eigenvalue weighted by molar-refractivity contribution is 0.522. The van der Waals surface area contributed by atoms with Crippen LogP contribution in [0, 0.1) is 0 Å². The first-order valence-corrected chi connectivity index (χ1v) is 8.36. The summed E-state index contributed by atoms with van der Waals surface area (Å²) in [6.45, 7) is 7.90. The fourth-order valence-electron chi connectivity index (χ4n) is 2.35. The Hall–Kier alpha value is -1.87. The number of benzene rings is 2. The Morgan fingerprint density at radius 2 is 1.43 bits per heavy atom. The average Bonchev–Trinajstić information content (AvgIpc) is 2.48. The standard InChI is InChI=1S/C18H20O2S/c1-15(21(19,20)17-12-8-5-9-13-17)14-18(2,3)16-10-6-4-7-11-16/h4-13H,1,14H2,2-3H3. The number of allylic oxidation sites excluding steroid dienone is 1. The first-order valence-electron chi connectivity index (χ1n) is 6.87. The number of rotatable bonds is 5. The van der Waals surface area contributed by atoms with Gasteiger partial charge in [0, 0.05) is 4.91 Å². The minimum Gasteiger partial charge on any atom is -0.219 e. The normalized spacial score (nSPS) is 12.1. The van der Waals surface area contributed by atoms with E-state index in [-0.39, 0.29) is 10.3 Å². The lowest BCUT2D eigenvalue weighted by Crippen LogP contribution is -2.20. The molecule has 2 nitrogen and oxygen atoms in total. The molecule has 0 aliphatic carbocycles. The van der Waals surface area contributed by atoms with Gasteiger partial charge in [0.15, 0.2) is 0 Å². The third kappa shape index (κ3) is 3.42. The van der Waals surface area contributed by atoms with Crippen LogP contribution >= 0.6 is 0 Å². The molecule has 0 aliphatic rings. The van der Waals surface area contributed by atoms with E-state index in [9.17, 15) is 8.42 Å². The first kappa shape index (κ1) is 15.5. The predicted octanol–water partition coefficient (Wildman–Crippen LogP) is 4.34. The molecule has 0 saturated carbocycles. The molecule has 0 heterocycles. The van der Waals surface area contributed by atoms with Gasteiger partial charge in [-0.1, -0.05) is 69.0 Å². The van der Waals surface area contributed by atoms with Crippen LogP contribution in [-0.4, -0.2) is 8.42 Å². The number of hydrogen-bond acceptors (Lipinski definition) is 2. The molecule has 21 heavy (non-hydrogen) atoms. The minimum atomic E-state index is -3.47. The highest BCUT2D eigenvalue weighted by atomic mass is 32.2. The van der Waals surface area contributed by atoms with Crippen molar-refractivity contribution in [1.82, 2.24) is 0 Å². The molecular formula is C18H20O2S. The molecule has 110 valence electrons. The van der Waals surface area contributed by atoms with Crippen LogP contribution in [-0.2, 0) is 15.3 Å². The van der Waals surface area contributed by atoms with Crippen LogP contribution in [0.25, 0.3) is 0 Å². The van der Waals surface area contributed by atoms with E-state index in [0.717, 1.165) is 5.56 Å². The summed E-state index contributed by atoms with van der Waals surface area (Å²) in [7, 11) is -3.47. The fourth-order valence-corrected chi connectivity index (χ4v) is 3.75. The second-order valence-electron chi connectivity index (χ2n) is 5.78. The molecule has 0 saturated heterocycles. The van der Waals surface area contributed by atoms with Crippen LogP contribution in [0.15, 0.2) is 77.0 Å². The largest absolute Gasteiger partial charge is 0.219 e. The Bertz CT molecular complexity index is 714. The highest BCUT2D eigenvalue weighted by Crippen LogP contribution is 2.33. The molecule has 0 unspecified atom stereocenters. The molecule has 2 aromatic rings. The summed E-state index contributed by atoms with van der Waals surface area (Å²) < 4.78 is 25.1. The third-order valence-corrected chi connectivity index (χ3v) is 5.43. The maximum absolute atomic E-state index is 12.5. The highest BCUT2D eigenvalue weighted by Gasteiger charge is 2.27. The van der Waals surface area contributed by atoms with Crippen molar-refractivity contribution in [2.45, 2.75) is 30.6 Å². The van der Waals surface area contributed by atoms with Gasteiger partial charge in [0.05, 0.1) is 4.90 Å². The zero-order valence-electron chi connectivity index (χ0n) is 12.4. The zero-order chi connectivity index (χ0) is 15.5. The summed E-state index contributed by atoms with van der Waals surface area (Å²) in [4.78, 5) is 0.557.